The molecule has 4 aromatic rings. The molecule has 1 N–H and O–H groups in total. The van der Waals surface area contributed by atoms with E-state index in [2.05, 4.69) is 46.9 Å². The predicted molar refractivity (Wildman–Crippen MR) is 123 cm³/mol. The third-order valence-corrected chi connectivity index (χ3v) is 5.77. The third kappa shape index (κ3) is 3.76. The maximum Gasteiger partial charge on any atom is 0.223 e. The van der Waals surface area contributed by atoms with Crippen LogP contribution in [0.1, 0.15) is 0 Å². The summed E-state index contributed by atoms with van der Waals surface area (Å²) in [5.74, 6) is 1.27. The molecular weight excluding hydrogens is 402 g/mol. The first-order chi connectivity index (χ1) is 14.1. The Kier molecular flexibility index (Phi) is 5.60. The SMILES string of the molecule is CNc1ncc2c(-c3cccc(Cl)c3)cc(-c3ccc(SC)cc3)c(OC)c2n1. The minimum absolute atomic E-state index is 0.544. The molecule has 6 heteroatoms. The van der Waals surface area contributed by atoms with Crippen LogP contribution in [0.5, 0.6) is 5.75 Å². The number of benzene rings is 3. The van der Waals surface area contributed by atoms with Crippen LogP contribution in [0.4, 0.5) is 5.95 Å². The Balaban J connectivity index is 2.06. The summed E-state index contributed by atoms with van der Waals surface area (Å²) in [4.78, 5) is 10.3. The molecular formula is C23H20ClN3OS. The molecule has 146 valence electrons. The average molecular weight is 422 g/mol. The van der Waals surface area contributed by atoms with Crippen molar-refractivity contribution in [3.8, 4) is 28.0 Å². The fourth-order valence-electron chi connectivity index (χ4n) is 3.37. The van der Waals surface area contributed by atoms with E-state index in [-0.39, 0.29) is 0 Å². The molecule has 0 aliphatic heterocycles. The summed E-state index contributed by atoms with van der Waals surface area (Å²) in [5, 5.41) is 4.61. The fourth-order valence-corrected chi connectivity index (χ4v) is 3.97. The fraction of sp³-hybridized carbons (Fsp3) is 0.130. The van der Waals surface area contributed by atoms with E-state index < -0.39 is 0 Å². The van der Waals surface area contributed by atoms with Crippen LogP contribution < -0.4 is 10.1 Å². The predicted octanol–water partition coefficient (Wildman–Crippen LogP) is 6.39. The molecule has 0 saturated carbocycles. The maximum atomic E-state index is 6.27. The molecule has 0 aliphatic rings. The van der Waals surface area contributed by atoms with Gasteiger partial charge in [0.05, 0.1) is 7.11 Å². The highest BCUT2D eigenvalue weighted by Gasteiger charge is 2.18. The normalized spacial score (nSPS) is 10.9. The standard InChI is InChI=1S/C23H20ClN3OS/c1-25-23-26-13-20-18(15-5-4-6-16(24)11-15)12-19(22(28-2)21(20)27-23)14-7-9-17(29-3)10-8-14/h4-13H,1-3H3,(H,25,26,27). The van der Waals surface area contributed by atoms with Crippen molar-refractivity contribution in [3.63, 3.8) is 0 Å². The van der Waals surface area contributed by atoms with Crippen LogP contribution in [0.25, 0.3) is 33.2 Å². The summed E-state index contributed by atoms with van der Waals surface area (Å²) in [6.07, 6.45) is 3.90. The van der Waals surface area contributed by atoms with E-state index in [9.17, 15) is 0 Å². The first-order valence-electron chi connectivity index (χ1n) is 9.10. The van der Waals surface area contributed by atoms with Gasteiger partial charge in [-0.2, -0.15) is 0 Å². The summed E-state index contributed by atoms with van der Waals surface area (Å²) >= 11 is 7.99. The number of methoxy groups -OCH3 is 1. The number of thioether (sulfide) groups is 1. The summed E-state index contributed by atoms with van der Waals surface area (Å²) in [6.45, 7) is 0. The number of ether oxygens (including phenoxy) is 1. The van der Waals surface area contributed by atoms with Gasteiger partial charge in [-0.15, -0.1) is 11.8 Å². The van der Waals surface area contributed by atoms with Gasteiger partial charge in [0.25, 0.3) is 0 Å². The zero-order valence-electron chi connectivity index (χ0n) is 16.4. The minimum atomic E-state index is 0.544. The molecule has 0 fully saturated rings. The topological polar surface area (TPSA) is 47.0 Å². The molecule has 0 radical (unpaired) electrons. The van der Waals surface area contributed by atoms with E-state index in [4.69, 9.17) is 21.3 Å². The van der Waals surface area contributed by atoms with E-state index in [0.717, 1.165) is 38.9 Å². The van der Waals surface area contributed by atoms with E-state index in [0.29, 0.717) is 11.0 Å². The third-order valence-electron chi connectivity index (χ3n) is 4.79. The largest absolute Gasteiger partial charge is 0.494 e. The van der Waals surface area contributed by atoms with Gasteiger partial charge < -0.3 is 10.1 Å². The summed E-state index contributed by atoms with van der Waals surface area (Å²) < 4.78 is 5.83. The highest BCUT2D eigenvalue weighted by atomic mass is 35.5. The number of rotatable bonds is 5. The van der Waals surface area contributed by atoms with E-state index in [1.807, 2.05) is 30.5 Å². The van der Waals surface area contributed by atoms with Crippen LogP contribution in [0.2, 0.25) is 5.02 Å². The van der Waals surface area contributed by atoms with Gasteiger partial charge in [0.15, 0.2) is 5.75 Å². The van der Waals surface area contributed by atoms with Crippen LogP contribution >= 0.6 is 23.4 Å². The molecule has 3 aromatic carbocycles. The zero-order valence-corrected chi connectivity index (χ0v) is 17.9. The average Bonchev–Trinajstić information content (AvgIpc) is 2.77. The Morgan fingerprint density at radius 3 is 2.45 bits per heavy atom. The van der Waals surface area contributed by atoms with Gasteiger partial charge in [0.2, 0.25) is 5.95 Å². The van der Waals surface area contributed by atoms with Crippen LogP contribution in [0.15, 0.2) is 65.7 Å². The van der Waals surface area contributed by atoms with Crippen molar-refractivity contribution in [2.75, 3.05) is 25.7 Å². The van der Waals surface area contributed by atoms with Crippen molar-refractivity contribution in [1.82, 2.24) is 9.97 Å². The first-order valence-corrected chi connectivity index (χ1v) is 10.7. The smallest absolute Gasteiger partial charge is 0.223 e. The number of fused-ring (bicyclic) bond motifs is 1. The van der Waals surface area contributed by atoms with Gasteiger partial charge in [0.1, 0.15) is 5.52 Å². The molecule has 0 aliphatic carbocycles. The van der Waals surface area contributed by atoms with Gasteiger partial charge in [-0.25, -0.2) is 9.97 Å². The molecule has 4 nitrogen and oxygen atoms in total. The van der Waals surface area contributed by atoms with Crippen LogP contribution in [-0.4, -0.2) is 30.4 Å². The maximum absolute atomic E-state index is 6.27. The zero-order chi connectivity index (χ0) is 20.4. The van der Waals surface area contributed by atoms with Crippen molar-refractivity contribution in [3.05, 3.63) is 65.8 Å². The molecule has 1 heterocycles. The molecule has 0 spiro atoms. The van der Waals surface area contributed by atoms with Crippen molar-refractivity contribution >= 4 is 40.2 Å². The Hall–Kier alpha value is -2.76. The molecule has 0 bridgehead atoms. The molecule has 0 amide bonds. The molecule has 4 rings (SSSR count). The van der Waals surface area contributed by atoms with Gasteiger partial charge in [-0.1, -0.05) is 35.9 Å². The summed E-state index contributed by atoms with van der Waals surface area (Å²) in [5.41, 5.74) is 4.81. The second kappa shape index (κ2) is 8.31. The molecule has 0 atom stereocenters. The lowest BCUT2D eigenvalue weighted by Gasteiger charge is -2.16. The van der Waals surface area contributed by atoms with Crippen LogP contribution in [0, 0.1) is 0 Å². The number of halogens is 1. The van der Waals surface area contributed by atoms with E-state index in [1.165, 1.54) is 4.90 Å². The number of hydrogen-bond donors (Lipinski definition) is 1. The quantitative estimate of drug-likeness (QED) is 0.378. The summed E-state index contributed by atoms with van der Waals surface area (Å²) in [7, 11) is 3.48. The van der Waals surface area contributed by atoms with E-state index in [1.54, 1.807) is 25.9 Å². The number of hydrogen-bond acceptors (Lipinski definition) is 5. The summed E-state index contributed by atoms with van der Waals surface area (Å²) in [6, 6.07) is 18.4. The minimum Gasteiger partial charge on any atom is -0.494 e. The molecule has 0 unspecified atom stereocenters. The van der Waals surface area contributed by atoms with Crippen molar-refractivity contribution in [1.29, 1.82) is 0 Å². The van der Waals surface area contributed by atoms with Gasteiger partial charge in [-0.3, -0.25) is 0 Å². The highest BCUT2D eigenvalue weighted by molar-refractivity contribution is 7.98. The lowest BCUT2D eigenvalue weighted by atomic mass is 9.94. The Labute approximate surface area is 179 Å². The van der Waals surface area contributed by atoms with E-state index >= 15 is 0 Å². The number of anilines is 1. The molecule has 29 heavy (non-hydrogen) atoms. The Morgan fingerprint density at radius 2 is 1.79 bits per heavy atom. The highest BCUT2D eigenvalue weighted by Crippen LogP contribution is 2.42. The van der Waals surface area contributed by atoms with Crippen LogP contribution in [-0.2, 0) is 0 Å². The van der Waals surface area contributed by atoms with Crippen molar-refractivity contribution in [2.24, 2.45) is 0 Å². The molecule has 0 saturated heterocycles. The lowest BCUT2D eigenvalue weighted by Crippen LogP contribution is -2.00. The van der Waals surface area contributed by atoms with Gasteiger partial charge >= 0.3 is 0 Å². The van der Waals surface area contributed by atoms with Gasteiger partial charge in [0, 0.05) is 34.1 Å². The van der Waals surface area contributed by atoms with Gasteiger partial charge in [-0.05, 0) is 53.3 Å². The first kappa shape index (κ1) is 19.6. The Morgan fingerprint density at radius 1 is 1.00 bits per heavy atom. The Bertz CT molecular complexity index is 1180. The van der Waals surface area contributed by atoms with Crippen molar-refractivity contribution in [2.45, 2.75) is 4.90 Å². The van der Waals surface area contributed by atoms with Crippen molar-refractivity contribution < 1.29 is 4.74 Å². The number of aromatic nitrogens is 2. The molecule has 1 aromatic heterocycles. The lowest BCUT2D eigenvalue weighted by molar-refractivity contribution is 0.420. The second-order valence-electron chi connectivity index (χ2n) is 6.45. The number of nitrogens with one attached hydrogen (secondary N) is 1. The van der Waals surface area contributed by atoms with Crippen LogP contribution in [0.3, 0.4) is 0 Å². The second-order valence-corrected chi connectivity index (χ2v) is 7.77. The number of nitrogens with zero attached hydrogens (tertiary/aromatic N) is 2. The monoisotopic (exact) mass is 421 g/mol.